The minimum Gasteiger partial charge on any atom is -0.491 e. The average molecular weight is 396 g/mol. The van der Waals surface area contributed by atoms with E-state index in [9.17, 15) is 14.9 Å². The van der Waals surface area contributed by atoms with Crippen molar-refractivity contribution in [3.8, 4) is 17.2 Å². The van der Waals surface area contributed by atoms with Crippen LogP contribution in [0.1, 0.15) is 0 Å². The van der Waals surface area contributed by atoms with E-state index in [2.05, 4.69) is 5.32 Å². The molecule has 0 heterocycles. The molecule has 3 aromatic rings. The van der Waals surface area contributed by atoms with Crippen LogP contribution in [-0.2, 0) is 4.79 Å². The molecule has 0 saturated carbocycles. The number of nitro groups is 1. The van der Waals surface area contributed by atoms with Crippen molar-refractivity contribution in [2.75, 3.05) is 26.9 Å². The highest BCUT2D eigenvalue weighted by atomic mass is 16.6. The Hall–Kier alpha value is -3.81. The molecule has 0 saturated heterocycles. The summed E-state index contributed by atoms with van der Waals surface area (Å²) < 4.78 is 16.1. The Balaban J connectivity index is 1.45. The second-order valence-electron chi connectivity index (χ2n) is 6.06. The smallest absolute Gasteiger partial charge is 0.311 e. The molecule has 150 valence electrons. The number of hydrogen-bond donors (Lipinski definition) is 1. The number of rotatable bonds is 9. The highest BCUT2D eigenvalue weighted by molar-refractivity contribution is 5.88. The molecule has 1 N–H and O–H groups in total. The number of benzene rings is 3. The number of fused-ring (bicyclic) bond motifs is 1. The van der Waals surface area contributed by atoms with Crippen LogP contribution in [0.3, 0.4) is 0 Å². The van der Waals surface area contributed by atoms with Gasteiger partial charge in [-0.2, -0.15) is 0 Å². The van der Waals surface area contributed by atoms with Gasteiger partial charge in [0.05, 0.1) is 18.6 Å². The van der Waals surface area contributed by atoms with Crippen LogP contribution >= 0.6 is 0 Å². The molecule has 0 spiro atoms. The van der Waals surface area contributed by atoms with Crippen LogP contribution in [0.5, 0.6) is 17.2 Å². The average Bonchev–Trinajstić information content (AvgIpc) is 2.75. The third-order valence-corrected chi connectivity index (χ3v) is 4.15. The number of nitrogens with zero attached hydrogens (tertiary/aromatic N) is 1. The molecular weight excluding hydrogens is 376 g/mol. The SMILES string of the molecule is COc1cc(OCC(=O)NCCOc2cccc3ccccc23)ccc1[N+](=O)[O-]. The molecule has 8 nitrogen and oxygen atoms in total. The van der Waals surface area contributed by atoms with Gasteiger partial charge in [-0.25, -0.2) is 0 Å². The summed E-state index contributed by atoms with van der Waals surface area (Å²) in [6, 6.07) is 17.8. The van der Waals surface area contributed by atoms with Gasteiger partial charge in [-0.1, -0.05) is 36.4 Å². The van der Waals surface area contributed by atoms with Gasteiger partial charge in [0.2, 0.25) is 5.75 Å². The lowest BCUT2D eigenvalue weighted by Gasteiger charge is -2.11. The van der Waals surface area contributed by atoms with E-state index >= 15 is 0 Å². The van der Waals surface area contributed by atoms with Crippen molar-refractivity contribution >= 4 is 22.4 Å². The van der Waals surface area contributed by atoms with E-state index < -0.39 is 4.92 Å². The van der Waals surface area contributed by atoms with Gasteiger partial charge < -0.3 is 19.5 Å². The number of ether oxygens (including phenoxy) is 3. The van der Waals surface area contributed by atoms with Crippen LogP contribution in [-0.4, -0.2) is 37.7 Å². The van der Waals surface area contributed by atoms with E-state index in [0.717, 1.165) is 16.5 Å². The van der Waals surface area contributed by atoms with E-state index in [4.69, 9.17) is 14.2 Å². The summed E-state index contributed by atoms with van der Waals surface area (Å²) in [6.07, 6.45) is 0. The molecule has 0 aliphatic carbocycles. The fraction of sp³-hybridized carbons (Fsp3) is 0.190. The first-order chi connectivity index (χ1) is 14.1. The summed E-state index contributed by atoms with van der Waals surface area (Å²) in [7, 11) is 1.33. The Morgan fingerprint density at radius 1 is 1.03 bits per heavy atom. The summed E-state index contributed by atoms with van der Waals surface area (Å²) in [6.45, 7) is 0.398. The monoisotopic (exact) mass is 396 g/mol. The van der Waals surface area contributed by atoms with Crippen LogP contribution in [0.25, 0.3) is 10.8 Å². The maximum absolute atomic E-state index is 11.9. The number of nitro benzene ring substituents is 1. The summed E-state index contributed by atoms with van der Waals surface area (Å²) in [5.41, 5.74) is -0.171. The molecule has 0 unspecified atom stereocenters. The van der Waals surface area contributed by atoms with Gasteiger partial charge in [0.25, 0.3) is 5.91 Å². The van der Waals surface area contributed by atoms with Crippen LogP contribution in [0, 0.1) is 10.1 Å². The lowest BCUT2D eigenvalue weighted by atomic mass is 10.1. The van der Waals surface area contributed by atoms with Gasteiger partial charge in [0, 0.05) is 17.5 Å². The standard InChI is InChI=1S/C21H20N2O6/c1-27-20-13-16(9-10-18(20)23(25)26)29-14-21(24)22-11-12-28-19-8-4-6-15-5-2-3-7-17(15)19/h2-10,13H,11-12,14H2,1H3,(H,22,24). The Kier molecular flexibility index (Phi) is 6.47. The summed E-state index contributed by atoms with van der Waals surface area (Å²) >= 11 is 0. The number of nitrogens with one attached hydrogen (secondary N) is 1. The van der Waals surface area contributed by atoms with Crippen molar-refractivity contribution in [1.29, 1.82) is 0 Å². The minimum atomic E-state index is -0.550. The van der Waals surface area contributed by atoms with Crippen LogP contribution in [0.4, 0.5) is 5.69 Å². The molecule has 29 heavy (non-hydrogen) atoms. The minimum absolute atomic E-state index is 0.0661. The van der Waals surface area contributed by atoms with Gasteiger partial charge in [-0.05, 0) is 17.5 Å². The molecule has 0 aromatic heterocycles. The van der Waals surface area contributed by atoms with Crippen LogP contribution in [0.2, 0.25) is 0 Å². The molecule has 0 fully saturated rings. The molecule has 3 rings (SSSR count). The van der Waals surface area contributed by atoms with Crippen molar-refractivity contribution in [1.82, 2.24) is 5.32 Å². The van der Waals surface area contributed by atoms with E-state index in [-0.39, 0.29) is 24.0 Å². The maximum Gasteiger partial charge on any atom is 0.311 e. The van der Waals surface area contributed by atoms with E-state index in [1.807, 2.05) is 42.5 Å². The number of carbonyl (C=O) groups is 1. The van der Waals surface area contributed by atoms with Crippen molar-refractivity contribution in [2.45, 2.75) is 0 Å². The molecule has 0 bridgehead atoms. The Morgan fingerprint density at radius 2 is 1.83 bits per heavy atom. The van der Waals surface area contributed by atoms with Crippen molar-refractivity contribution < 1.29 is 23.9 Å². The lowest BCUT2D eigenvalue weighted by Crippen LogP contribution is -2.32. The van der Waals surface area contributed by atoms with Crippen molar-refractivity contribution in [3.05, 3.63) is 70.8 Å². The zero-order valence-corrected chi connectivity index (χ0v) is 15.8. The fourth-order valence-electron chi connectivity index (χ4n) is 2.77. The van der Waals surface area contributed by atoms with Crippen molar-refractivity contribution in [2.24, 2.45) is 0 Å². The molecule has 8 heteroatoms. The first-order valence-electron chi connectivity index (χ1n) is 8.91. The third kappa shape index (κ3) is 5.13. The second-order valence-corrected chi connectivity index (χ2v) is 6.06. The number of carbonyl (C=O) groups excluding carboxylic acids is 1. The highest BCUT2D eigenvalue weighted by Gasteiger charge is 2.15. The Labute approximate surface area is 167 Å². The molecule has 1 amide bonds. The van der Waals surface area contributed by atoms with E-state index in [1.165, 1.54) is 25.3 Å². The third-order valence-electron chi connectivity index (χ3n) is 4.15. The summed E-state index contributed by atoms with van der Waals surface area (Å²) in [5, 5.41) is 15.7. The first kappa shape index (κ1) is 19.9. The predicted octanol–water partition coefficient (Wildman–Crippen LogP) is 3.33. The van der Waals surface area contributed by atoms with Gasteiger partial charge in [0.15, 0.2) is 6.61 Å². The van der Waals surface area contributed by atoms with E-state index in [0.29, 0.717) is 18.9 Å². The van der Waals surface area contributed by atoms with Gasteiger partial charge in [-0.15, -0.1) is 0 Å². The molecular formula is C21H20N2O6. The van der Waals surface area contributed by atoms with Crippen molar-refractivity contribution in [3.63, 3.8) is 0 Å². The Morgan fingerprint density at radius 3 is 2.62 bits per heavy atom. The summed E-state index contributed by atoms with van der Waals surface area (Å²) in [5.74, 6) is 0.793. The highest BCUT2D eigenvalue weighted by Crippen LogP contribution is 2.30. The van der Waals surface area contributed by atoms with Crippen LogP contribution in [0.15, 0.2) is 60.7 Å². The first-order valence-corrected chi connectivity index (χ1v) is 8.91. The van der Waals surface area contributed by atoms with Gasteiger partial charge >= 0.3 is 5.69 Å². The molecule has 0 atom stereocenters. The largest absolute Gasteiger partial charge is 0.491 e. The Bertz CT molecular complexity index is 1020. The summed E-state index contributed by atoms with van der Waals surface area (Å²) in [4.78, 5) is 22.3. The molecule has 0 aliphatic rings. The zero-order valence-electron chi connectivity index (χ0n) is 15.8. The number of methoxy groups -OCH3 is 1. The molecule has 0 radical (unpaired) electrons. The molecule has 0 aliphatic heterocycles. The number of amides is 1. The fourth-order valence-corrected chi connectivity index (χ4v) is 2.77. The quantitative estimate of drug-likeness (QED) is 0.338. The maximum atomic E-state index is 11.9. The zero-order chi connectivity index (χ0) is 20.6. The van der Waals surface area contributed by atoms with Crippen LogP contribution < -0.4 is 19.5 Å². The lowest BCUT2D eigenvalue weighted by molar-refractivity contribution is -0.385. The van der Waals surface area contributed by atoms with Gasteiger partial charge in [-0.3, -0.25) is 14.9 Å². The normalized spacial score (nSPS) is 10.4. The van der Waals surface area contributed by atoms with Gasteiger partial charge in [0.1, 0.15) is 18.1 Å². The topological polar surface area (TPSA) is 99.9 Å². The number of hydrogen-bond acceptors (Lipinski definition) is 6. The predicted molar refractivity (Wildman–Crippen MR) is 108 cm³/mol. The van der Waals surface area contributed by atoms with E-state index in [1.54, 1.807) is 0 Å². The second kappa shape index (κ2) is 9.41. The molecule has 3 aromatic carbocycles.